The molecular formula is C20H24BrClN2O2. The summed E-state index contributed by atoms with van der Waals surface area (Å²) in [5, 5.41) is 3.55. The zero-order chi connectivity index (χ0) is 19.3. The Kier molecular flexibility index (Phi) is 7.35. The maximum Gasteiger partial charge on any atom is 0.262 e. The lowest BCUT2D eigenvalue weighted by atomic mass is 10.1. The normalized spacial score (nSPS) is 10.5. The monoisotopic (exact) mass is 438 g/mol. The molecule has 0 fully saturated rings. The summed E-state index contributed by atoms with van der Waals surface area (Å²) in [6, 6.07) is 9.64. The van der Waals surface area contributed by atoms with E-state index in [1.807, 2.05) is 44.2 Å². The lowest BCUT2D eigenvalue weighted by molar-refractivity contribution is -0.118. The Hall–Kier alpha value is -1.72. The minimum atomic E-state index is -0.210. The first-order valence-corrected chi connectivity index (χ1v) is 9.77. The number of hydrogen-bond donors (Lipinski definition) is 1. The van der Waals surface area contributed by atoms with Gasteiger partial charge in [-0.2, -0.15) is 0 Å². The van der Waals surface area contributed by atoms with Crippen LogP contribution in [0.4, 0.5) is 11.4 Å². The summed E-state index contributed by atoms with van der Waals surface area (Å²) >= 11 is 9.68. The number of ether oxygens (including phenoxy) is 1. The van der Waals surface area contributed by atoms with Gasteiger partial charge < -0.3 is 15.0 Å². The van der Waals surface area contributed by atoms with Crippen LogP contribution in [0.5, 0.6) is 5.75 Å². The highest BCUT2D eigenvalue weighted by molar-refractivity contribution is 9.10. The fourth-order valence-corrected chi connectivity index (χ4v) is 3.38. The van der Waals surface area contributed by atoms with Crippen molar-refractivity contribution in [3.05, 3.63) is 51.0 Å². The Morgan fingerprint density at radius 2 is 1.81 bits per heavy atom. The van der Waals surface area contributed by atoms with E-state index in [1.54, 1.807) is 0 Å². The molecule has 1 amide bonds. The van der Waals surface area contributed by atoms with Gasteiger partial charge in [-0.05, 0) is 85.1 Å². The van der Waals surface area contributed by atoms with Gasteiger partial charge in [-0.25, -0.2) is 0 Å². The second-order valence-electron chi connectivity index (χ2n) is 6.00. The van der Waals surface area contributed by atoms with Gasteiger partial charge in [0.25, 0.3) is 5.91 Å². The minimum absolute atomic E-state index is 0.0725. The van der Waals surface area contributed by atoms with E-state index >= 15 is 0 Å². The third kappa shape index (κ3) is 4.92. The van der Waals surface area contributed by atoms with Crippen LogP contribution in [0.3, 0.4) is 0 Å². The predicted molar refractivity (Wildman–Crippen MR) is 113 cm³/mol. The van der Waals surface area contributed by atoms with E-state index in [-0.39, 0.29) is 12.5 Å². The van der Waals surface area contributed by atoms with Gasteiger partial charge in [0.15, 0.2) is 6.61 Å². The summed E-state index contributed by atoms with van der Waals surface area (Å²) in [5.41, 5.74) is 3.70. The summed E-state index contributed by atoms with van der Waals surface area (Å²) in [7, 11) is 0. The number of nitrogens with zero attached hydrogens (tertiary/aromatic N) is 1. The Bertz CT molecular complexity index is 774. The highest BCUT2D eigenvalue weighted by Crippen LogP contribution is 2.35. The molecule has 0 saturated heterocycles. The van der Waals surface area contributed by atoms with Crippen LogP contribution in [0.25, 0.3) is 0 Å². The zero-order valence-corrected chi connectivity index (χ0v) is 17.9. The first-order chi connectivity index (χ1) is 12.4. The van der Waals surface area contributed by atoms with Crippen molar-refractivity contribution in [3.8, 4) is 5.75 Å². The fraction of sp³-hybridized carbons (Fsp3) is 0.350. The van der Waals surface area contributed by atoms with E-state index in [0.717, 1.165) is 40.1 Å². The van der Waals surface area contributed by atoms with Gasteiger partial charge in [0, 0.05) is 29.5 Å². The predicted octanol–water partition coefficient (Wildman–Crippen LogP) is 5.58. The first kappa shape index (κ1) is 20.6. The average Bonchev–Trinajstić information content (AvgIpc) is 2.64. The van der Waals surface area contributed by atoms with E-state index in [9.17, 15) is 4.79 Å². The van der Waals surface area contributed by atoms with Gasteiger partial charge in [-0.1, -0.05) is 11.6 Å². The molecule has 0 unspecified atom stereocenters. The number of carbonyl (C=O) groups excluding carboxylic acids is 1. The molecule has 2 rings (SSSR count). The number of carbonyl (C=O) groups is 1. The molecule has 140 valence electrons. The van der Waals surface area contributed by atoms with Crippen LogP contribution in [0, 0.1) is 13.8 Å². The van der Waals surface area contributed by atoms with Gasteiger partial charge in [0.1, 0.15) is 5.75 Å². The highest BCUT2D eigenvalue weighted by atomic mass is 79.9. The Morgan fingerprint density at radius 1 is 1.19 bits per heavy atom. The summed E-state index contributed by atoms with van der Waals surface area (Å²) in [6.45, 7) is 9.88. The zero-order valence-electron chi connectivity index (χ0n) is 15.5. The van der Waals surface area contributed by atoms with Crippen LogP contribution in [-0.4, -0.2) is 25.6 Å². The van der Waals surface area contributed by atoms with E-state index in [1.165, 1.54) is 0 Å². The molecule has 0 aliphatic heterocycles. The molecule has 0 heterocycles. The molecule has 0 aromatic heterocycles. The number of amides is 1. The van der Waals surface area contributed by atoms with E-state index < -0.39 is 0 Å². The van der Waals surface area contributed by atoms with Crippen molar-refractivity contribution in [1.82, 2.24) is 0 Å². The third-order valence-corrected chi connectivity index (χ3v) is 5.77. The van der Waals surface area contributed by atoms with Crippen LogP contribution < -0.4 is 15.0 Å². The van der Waals surface area contributed by atoms with Gasteiger partial charge in [-0.3, -0.25) is 4.79 Å². The molecule has 0 spiro atoms. The maximum atomic E-state index is 12.2. The number of halogens is 2. The molecule has 0 atom stereocenters. The van der Waals surface area contributed by atoms with Gasteiger partial charge in [-0.15, -0.1) is 0 Å². The van der Waals surface area contributed by atoms with Gasteiger partial charge in [0.2, 0.25) is 0 Å². The number of hydrogen-bond acceptors (Lipinski definition) is 3. The van der Waals surface area contributed by atoms with E-state index in [0.29, 0.717) is 10.8 Å². The lowest BCUT2D eigenvalue weighted by Crippen LogP contribution is -2.22. The molecule has 1 N–H and O–H groups in total. The molecule has 0 bridgehead atoms. The average molecular weight is 440 g/mol. The van der Waals surface area contributed by atoms with Crippen molar-refractivity contribution in [2.75, 3.05) is 29.9 Å². The van der Waals surface area contributed by atoms with Crippen molar-refractivity contribution in [1.29, 1.82) is 0 Å². The third-order valence-electron chi connectivity index (χ3n) is 4.21. The quantitative estimate of drug-likeness (QED) is 0.612. The SMILES string of the molecule is CCN(CC)c1ccc(NC(=O)COc2cc(C)c(Cl)c(C)c2Br)cc1. The molecule has 2 aromatic carbocycles. The number of nitrogens with one attached hydrogen (secondary N) is 1. The van der Waals surface area contributed by atoms with Crippen molar-refractivity contribution in [2.24, 2.45) is 0 Å². The van der Waals surface area contributed by atoms with Crippen LogP contribution in [0.1, 0.15) is 25.0 Å². The lowest BCUT2D eigenvalue weighted by Gasteiger charge is -2.21. The first-order valence-electron chi connectivity index (χ1n) is 8.60. The van der Waals surface area contributed by atoms with Crippen LogP contribution >= 0.6 is 27.5 Å². The molecule has 0 aliphatic carbocycles. The maximum absolute atomic E-state index is 12.2. The Labute approximate surface area is 168 Å². The standard InChI is InChI=1S/C20H24BrClN2O2/c1-5-24(6-2)16-9-7-15(8-10-16)23-18(25)12-26-17-11-13(3)20(22)14(4)19(17)21/h7-11H,5-6,12H2,1-4H3,(H,23,25). The van der Waals surface area contributed by atoms with Crippen molar-refractivity contribution in [3.63, 3.8) is 0 Å². The highest BCUT2D eigenvalue weighted by Gasteiger charge is 2.12. The number of anilines is 2. The summed E-state index contributed by atoms with van der Waals surface area (Å²) in [5.74, 6) is 0.397. The topological polar surface area (TPSA) is 41.6 Å². The Balaban J connectivity index is 1.97. The summed E-state index contributed by atoms with van der Waals surface area (Å²) in [6.07, 6.45) is 0. The van der Waals surface area contributed by atoms with Crippen LogP contribution in [0.2, 0.25) is 5.02 Å². The number of rotatable bonds is 7. The van der Waals surface area contributed by atoms with Crippen LogP contribution in [0.15, 0.2) is 34.8 Å². The van der Waals surface area contributed by atoms with Crippen molar-refractivity contribution >= 4 is 44.8 Å². The van der Waals surface area contributed by atoms with Crippen LogP contribution in [-0.2, 0) is 4.79 Å². The molecule has 4 nitrogen and oxygen atoms in total. The minimum Gasteiger partial charge on any atom is -0.483 e. The molecule has 0 aliphatic rings. The van der Waals surface area contributed by atoms with Crippen molar-refractivity contribution in [2.45, 2.75) is 27.7 Å². The van der Waals surface area contributed by atoms with Gasteiger partial charge in [0.05, 0.1) is 4.47 Å². The fourth-order valence-electron chi connectivity index (χ4n) is 2.69. The summed E-state index contributed by atoms with van der Waals surface area (Å²) < 4.78 is 6.43. The smallest absolute Gasteiger partial charge is 0.262 e. The summed E-state index contributed by atoms with van der Waals surface area (Å²) in [4.78, 5) is 14.4. The van der Waals surface area contributed by atoms with E-state index in [2.05, 4.69) is 40.0 Å². The molecule has 26 heavy (non-hydrogen) atoms. The second kappa shape index (κ2) is 9.28. The second-order valence-corrected chi connectivity index (χ2v) is 7.17. The molecule has 2 aromatic rings. The number of benzene rings is 2. The largest absolute Gasteiger partial charge is 0.483 e. The molecule has 6 heteroatoms. The Morgan fingerprint density at radius 3 is 2.38 bits per heavy atom. The molecule has 0 radical (unpaired) electrons. The van der Waals surface area contributed by atoms with Crippen molar-refractivity contribution < 1.29 is 9.53 Å². The molecule has 0 saturated carbocycles. The number of aryl methyl sites for hydroxylation is 1. The molecular weight excluding hydrogens is 416 g/mol. The van der Waals surface area contributed by atoms with Gasteiger partial charge >= 0.3 is 0 Å². The van der Waals surface area contributed by atoms with E-state index in [4.69, 9.17) is 16.3 Å².